The van der Waals surface area contributed by atoms with Crippen molar-refractivity contribution in [1.29, 1.82) is 0 Å². The third kappa shape index (κ3) is 4.32. The molecule has 1 unspecified atom stereocenters. The molecule has 0 bridgehead atoms. The van der Waals surface area contributed by atoms with Crippen LogP contribution in [0.4, 0.5) is 5.69 Å². The van der Waals surface area contributed by atoms with Gasteiger partial charge in [0, 0.05) is 19.0 Å². The van der Waals surface area contributed by atoms with Crippen LogP contribution in [0.25, 0.3) is 0 Å². The fourth-order valence-electron chi connectivity index (χ4n) is 2.71. The lowest BCUT2D eigenvalue weighted by atomic mass is 9.95. The summed E-state index contributed by atoms with van der Waals surface area (Å²) >= 11 is 0. The number of nitrogens with zero attached hydrogens (tertiary/aromatic N) is 2. The van der Waals surface area contributed by atoms with Gasteiger partial charge >= 0.3 is 0 Å². The summed E-state index contributed by atoms with van der Waals surface area (Å²) < 4.78 is 5.58. The average Bonchev–Trinajstić information content (AvgIpc) is 3.07. The molecule has 1 atom stereocenters. The van der Waals surface area contributed by atoms with Gasteiger partial charge < -0.3 is 9.73 Å². The van der Waals surface area contributed by atoms with Crippen molar-refractivity contribution in [3.63, 3.8) is 0 Å². The monoisotopic (exact) mass is 335 g/mol. The molecule has 0 saturated heterocycles. The molecule has 128 valence electrons. The van der Waals surface area contributed by atoms with Gasteiger partial charge in [0.05, 0.1) is 5.92 Å². The highest BCUT2D eigenvalue weighted by Gasteiger charge is 2.23. The van der Waals surface area contributed by atoms with Gasteiger partial charge in [-0.05, 0) is 29.7 Å². The number of carbonyl (C=O) groups is 1. The predicted molar refractivity (Wildman–Crippen MR) is 96.4 cm³/mol. The Morgan fingerprint density at radius 1 is 1.08 bits per heavy atom. The van der Waals surface area contributed by atoms with Crippen LogP contribution in [0.5, 0.6) is 0 Å². The molecule has 1 heterocycles. The van der Waals surface area contributed by atoms with Crippen LogP contribution in [-0.2, 0) is 11.2 Å². The molecule has 25 heavy (non-hydrogen) atoms. The lowest BCUT2D eigenvalue weighted by molar-refractivity contribution is -0.116. The minimum absolute atomic E-state index is 0.0889. The topological polar surface area (TPSA) is 68.0 Å². The number of rotatable bonds is 6. The Morgan fingerprint density at radius 3 is 2.40 bits per heavy atom. The zero-order chi connectivity index (χ0) is 17.6. The highest BCUT2D eigenvalue weighted by atomic mass is 16.4. The molecular weight excluding hydrogens is 314 g/mol. The van der Waals surface area contributed by atoms with Gasteiger partial charge in [0.25, 0.3) is 0 Å². The van der Waals surface area contributed by atoms with E-state index in [2.05, 4.69) is 22.4 Å². The molecule has 0 aliphatic rings. The molecule has 1 aromatic heterocycles. The first-order valence-corrected chi connectivity index (χ1v) is 8.39. The first-order chi connectivity index (χ1) is 12.2. The third-order valence-electron chi connectivity index (χ3n) is 4.08. The molecule has 0 radical (unpaired) electrons. The van der Waals surface area contributed by atoms with Crippen molar-refractivity contribution >= 4 is 11.6 Å². The summed E-state index contributed by atoms with van der Waals surface area (Å²) in [6.45, 7) is 3.85. The number of amides is 1. The van der Waals surface area contributed by atoms with E-state index in [-0.39, 0.29) is 18.2 Å². The van der Waals surface area contributed by atoms with E-state index in [0.29, 0.717) is 11.8 Å². The van der Waals surface area contributed by atoms with Gasteiger partial charge in [0.1, 0.15) is 0 Å². The zero-order valence-electron chi connectivity index (χ0n) is 14.4. The van der Waals surface area contributed by atoms with E-state index in [0.717, 1.165) is 17.7 Å². The van der Waals surface area contributed by atoms with Crippen molar-refractivity contribution < 1.29 is 9.21 Å². The minimum Gasteiger partial charge on any atom is -0.425 e. The summed E-state index contributed by atoms with van der Waals surface area (Å²) in [7, 11) is 0. The van der Waals surface area contributed by atoms with Gasteiger partial charge in [-0.3, -0.25) is 4.79 Å². The van der Waals surface area contributed by atoms with Crippen LogP contribution in [0.3, 0.4) is 0 Å². The van der Waals surface area contributed by atoms with Crippen molar-refractivity contribution in [2.75, 3.05) is 5.32 Å². The molecule has 5 nitrogen and oxygen atoms in total. The molecule has 3 rings (SSSR count). The van der Waals surface area contributed by atoms with Crippen LogP contribution < -0.4 is 5.32 Å². The van der Waals surface area contributed by atoms with E-state index >= 15 is 0 Å². The summed E-state index contributed by atoms with van der Waals surface area (Å²) in [4.78, 5) is 12.5. The highest BCUT2D eigenvalue weighted by Crippen LogP contribution is 2.27. The summed E-state index contributed by atoms with van der Waals surface area (Å²) in [6, 6.07) is 17.6. The van der Waals surface area contributed by atoms with E-state index in [1.807, 2.05) is 54.6 Å². The van der Waals surface area contributed by atoms with Gasteiger partial charge in [-0.2, -0.15) is 0 Å². The Morgan fingerprint density at radius 2 is 1.80 bits per heavy atom. The summed E-state index contributed by atoms with van der Waals surface area (Å²) in [5.41, 5.74) is 3.00. The second kappa shape index (κ2) is 7.75. The van der Waals surface area contributed by atoms with E-state index in [1.165, 1.54) is 5.56 Å². The van der Waals surface area contributed by atoms with Crippen molar-refractivity contribution in [3.05, 3.63) is 77.5 Å². The Labute approximate surface area is 147 Å². The molecule has 1 amide bonds. The number of carbonyl (C=O) groups excluding carboxylic acids is 1. The molecule has 0 aliphatic carbocycles. The maximum atomic E-state index is 12.5. The fourth-order valence-corrected chi connectivity index (χ4v) is 2.71. The molecular formula is C20H21N3O2. The minimum atomic E-state index is -0.266. The molecule has 5 heteroatoms. The largest absolute Gasteiger partial charge is 0.425 e. The van der Waals surface area contributed by atoms with Gasteiger partial charge in [-0.1, -0.05) is 49.4 Å². The first kappa shape index (κ1) is 16.9. The standard InChI is InChI=1S/C20H21N3O2/c1-3-15-9-11-17(12-10-15)21-19(24)13-18(16-7-5-4-6-8-16)20-23-22-14(2)25-20/h4-12,18H,3,13H2,1-2H3,(H,21,24). The van der Waals surface area contributed by atoms with E-state index < -0.39 is 0 Å². The van der Waals surface area contributed by atoms with Crippen LogP contribution in [0, 0.1) is 6.92 Å². The molecule has 0 fully saturated rings. The van der Waals surface area contributed by atoms with Crippen LogP contribution in [0.2, 0.25) is 0 Å². The average molecular weight is 335 g/mol. The summed E-state index contributed by atoms with van der Waals surface area (Å²) in [6.07, 6.45) is 1.21. The van der Waals surface area contributed by atoms with E-state index in [9.17, 15) is 4.79 Å². The zero-order valence-corrected chi connectivity index (χ0v) is 14.4. The number of aromatic nitrogens is 2. The second-order valence-corrected chi connectivity index (χ2v) is 5.93. The Bertz CT molecular complexity index is 826. The quantitative estimate of drug-likeness (QED) is 0.736. The number of anilines is 1. The predicted octanol–water partition coefficient (Wildman–Crippen LogP) is 4.10. The van der Waals surface area contributed by atoms with Crippen molar-refractivity contribution in [2.24, 2.45) is 0 Å². The SMILES string of the molecule is CCc1ccc(NC(=O)CC(c2ccccc2)c2nnc(C)o2)cc1. The molecule has 1 N–H and O–H groups in total. The number of nitrogens with one attached hydrogen (secondary N) is 1. The van der Waals surface area contributed by atoms with Crippen molar-refractivity contribution in [2.45, 2.75) is 32.6 Å². The number of aryl methyl sites for hydroxylation is 2. The van der Waals surface area contributed by atoms with E-state index in [4.69, 9.17) is 4.42 Å². The van der Waals surface area contributed by atoms with Gasteiger partial charge in [0.15, 0.2) is 0 Å². The Hall–Kier alpha value is -2.95. The number of benzene rings is 2. The molecule has 0 spiro atoms. The Balaban J connectivity index is 1.76. The third-order valence-corrected chi connectivity index (χ3v) is 4.08. The summed E-state index contributed by atoms with van der Waals surface area (Å²) in [5, 5.41) is 10.9. The van der Waals surface area contributed by atoms with Crippen LogP contribution in [-0.4, -0.2) is 16.1 Å². The lowest BCUT2D eigenvalue weighted by Crippen LogP contribution is -2.16. The van der Waals surface area contributed by atoms with Gasteiger partial charge in [0.2, 0.25) is 17.7 Å². The van der Waals surface area contributed by atoms with Crippen LogP contribution in [0.15, 0.2) is 59.0 Å². The van der Waals surface area contributed by atoms with Crippen molar-refractivity contribution in [1.82, 2.24) is 10.2 Å². The Kier molecular flexibility index (Phi) is 5.23. The smallest absolute Gasteiger partial charge is 0.225 e. The molecule has 0 aliphatic heterocycles. The first-order valence-electron chi connectivity index (χ1n) is 8.39. The molecule has 3 aromatic rings. The van der Waals surface area contributed by atoms with Crippen LogP contribution >= 0.6 is 0 Å². The van der Waals surface area contributed by atoms with Gasteiger partial charge in [-0.15, -0.1) is 10.2 Å². The number of hydrogen-bond acceptors (Lipinski definition) is 4. The fraction of sp³-hybridized carbons (Fsp3) is 0.250. The maximum Gasteiger partial charge on any atom is 0.225 e. The summed E-state index contributed by atoms with van der Waals surface area (Å²) in [5.74, 6) is 0.595. The second-order valence-electron chi connectivity index (χ2n) is 5.93. The van der Waals surface area contributed by atoms with Crippen molar-refractivity contribution in [3.8, 4) is 0 Å². The van der Waals surface area contributed by atoms with E-state index in [1.54, 1.807) is 6.92 Å². The highest BCUT2D eigenvalue weighted by molar-refractivity contribution is 5.91. The van der Waals surface area contributed by atoms with Crippen LogP contribution in [0.1, 0.15) is 42.2 Å². The van der Waals surface area contributed by atoms with Gasteiger partial charge in [-0.25, -0.2) is 0 Å². The molecule has 0 saturated carbocycles. The lowest BCUT2D eigenvalue weighted by Gasteiger charge is -2.14. The normalized spacial score (nSPS) is 11.9. The maximum absolute atomic E-state index is 12.5. The molecule has 2 aromatic carbocycles. The number of hydrogen-bond donors (Lipinski definition) is 1.